The minimum atomic E-state index is 0.752. The lowest BCUT2D eigenvalue weighted by atomic mass is 10.3. The number of likely N-dealkylation sites (N-methyl/N-ethyl adjacent to an activating group) is 1. The third-order valence-corrected chi connectivity index (χ3v) is 4.04. The molecule has 0 unspecified atom stereocenters. The molecule has 2 aromatic heterocycles. The number of nitrogens with zero attached hydrogens (tertiary/aromatic N) is 6. The Morgan fingerprint density at radius 3 is 2.65 bits per heavy atom. The first kappa shape index (κ1) is 15.9. The average Bonchev–Trinajstić information content (AvgIpc) is 3.13. The molecule has 1 saturated heterocycles. The van der Waals surface area contributed by atoms with Gasteiger partial charge in [0, 0.05) is 56.5 Å². The highest BCUT2D eigenvalue weighted by Gasteiger charge is 2.13. The molecule has 0 aromatic carbocycles. The normalized spacial score (nSPS) is 15.3. The summed E-state index contributed by atoms with van der Waals surface area (Å²) >= 11 is 0. The second-order valence-corrected chi connectivity index (χ2v) is 5.63. The van der Waals surface area contributed by atoms with Gasteiger partial charge in [-0.3, -0.25) is 9.58 Å². The Labute approximate surface area is 136 Å². The first-order chi connectivity index (χ1) is 11.3. The lowest BCUT2D eigenvalue weighted by Crippen LogP contribution is -2.37. The van der Waals surface area contributed by atoms with Gasteiger partial charge in [-0.05, 0) is 12.6 Å². The maximum absolute atomic E-state index is 5.36. The Bertz CT molecular complexity index is 565. The Hall–Kier alpha value is -1.99. The van der Waals surface area contributed by atoms with E-state index in [9.17, 15) is 0 Å². The summed E-state index contributed by atoms with van der Waals surface area (Å²) in [6.45, 7) is 9.12. The van der Waals surface area contributed by atoms with E-state index in [-0.39, 0.29) is 0 Å². The smallest absolute Gasteiger partial charge is 0.225 e. The standard InChI is InChI=1S/C16H24N6O/c1-2-20(6-7-22-5-3-4-19-22)14-15-12-17-16(18-13-15)21-8-10-23-11-9-21/h3-5,12-13H,2,6-11,14H2,1H3. The SMILES string of the molecule is CCN(CCn1cccn1)Cc1cnc(N2CCOCC2)nc1. The molecule has 7 nitrogen and oxygen atoms in total. The minimum absolute atomic E-state index is 0.752. The predicted octanol–water partition coefficient (Wildman–Crippen LogP) is 1.03. The first-order valence-corrected chi connectivity index (χ1v) is 8.18. The molecule has 0 bridgehead atoms. The van der Waals surface area contributed by atoms with Crippen LogP contribution >= 0.6 is 0 Å². The predicted molar refractivity (Wildman–Crippen MR) is 88.2 cm³/mol. The second-order valence-electron chi connectivity index (χ2n) is 5.63. The lowest BCUT2D eigenvalue weighted by molar-refractivity contribution is 0.122. The molecule has 1 aliphatic rings. The number of rotatable bonds is 7. The minimum Gasteiger partial charge on any atom is -0.378 e. The van der Waals surface area contributed by atoms with Gasteiger partial charge in [-0.2, -0.15) is 5.10 Å². The molecule has 0 spiro atoms. The van der Waals surface area contributed by atoms with Crippen LogP contribution in [0.25, 0.3) is 0 Å². The van der Waals surface area contributed by atoms with E-state index in [0.717, 1.165) is 64.0 Å². The fourth-order valence-corrected chi connectivity index (χ4v) is 2.64. The maximum atomic E-state index is 5.36. The molecule has 2 aromatic rings. The monoisotopic (exact) mass is 316 g/mol. The van der Waals surface area contributed by atoms with Gasteiger partial charge < -0.3 is 9.64 Å². The molecule has 3 heterocycles. The number of aromatic nitrogens is 4. The average molecular weight is 316 g/mol. The molecular weight excluding hydrogens is 292 g/mol. The number of morpholine rings is 1. The van der Waals surface area contributed by atoms with Crippen LogP contribution in [-0.2, 0) is 17.8 Å². The van der Waals surface area contributed by atoms with Crippen LogP contribution in [0.5, 0.6) is 0 Å². The number of hydrogen-bond acceptors (Lipinski definition) is 6. The number of ether oxygens (including phenoxy) is 1. The fraction of sp³-hybridized carbons (Fsp3) is 0.562. The van der Waals surface area contributed by atoms with E-state index in [2.05, 4.69) is 31.8 Å². The largest absolute Gasteiger partial charge is 0.378 e. The Morgan fingerprint density at radius 1 is 1.22 bits per heavy atom. The van der Waals surface area contributed by atoms with Gasteiger partial charge in [0.15, 0.2) is 0 Å². The van der Waals surface area contributed by atoms with E-state index in [0.29, 0.717) is 0 Å². The summed E-state index contributed by atoms with van der Waals surface area (Å²) in [6, 6.07) is 1.95. The molecule has 0 atom stereocenters. The van der Waals surface area contributed by atoms with Gasteiger partial charge in [-0.25, -0.2) is 9.97 Å². The molecule has 0 N–H and O–H groups in total. The fourth-order valence-electron chi connectivity index (χ4n) is 2.64. The van der Waals surface area contributed by atoms with Crippen LogP contribution in [0.1, 0.15) is 12.5 Å². The molecule has 0 aliphatic carbocycles. The summed E-state index contributed by atoms with van der Waals surface area (Å²) in [4.78, 5) is 13.6. The highest BCUT2D eigenvalue weighted by atomic mass is 16.5. The van der Waals surface area contributed by atoms with Crippen molar-refractivity contribution in [2.24, 2.45) is 0 Å². The Balaban J connectivity index is 1.53. The van der Waals surface area contributed by atoms with E-state index in [1.54, 1.807) is 0 Å². The van der Waals surface area contributed by atoms with E-state index < -0.39 is 0 Å². The third-order valence-electron chi connectivity index (χ3n) is 4.04. The molecule has 0 saturated carbocycles. The topological polar surface area (TPSA) is 59.3 Å². The van der Waals surface area contributed by atoms with Crippen LogP contribution < -0.4 is 4.90 Å². The van der Waals surface area contributed by atoms with E-state index in [4.69, 9.17) is 4.74 Å². The summed E-state index contributed by atoms with van der Waals surface area (Å²) in [5.41, 5.74) is 1.14. The van der Waals surface area contributed by atoms with Crippen molar-refractivity contribution in [2.45, 2.75) is 20.0 Å². The van der Waals surface area contributed by atoms with Crippen LogP contribution in [0.4, 0.5) is 5.95 Å². The van der Waals surface area contributed by atoms with E-state index >= 15 is 0 Å². The Kier molecular flexibility index (Phi) is 5.55. The highest BCUT2D eigenvalue weighted by Crippen LogP contribution is 2.10. The summed E-state index contributed by atoms with van der Waals surface area (Å²) in [5.74, 6) is 0.802. The van der Waals surface area contributed by atoms with Crippen molar-refractivity contribution in [1.82, 2.24) is 24.6 Å². The summed E-state index contributed by atoms with van der Waals surface area (Å²) < 4.78 is 7.32. The van der Waals surface area contributed by atoms with Gasteiger partial charge in [-0.1, -0.05) is 6.92 Å². The van der Waals surface area contributed by atoms with Gasteiger partial charge in [0.25, 0.3) is 0 Å². The molecule has 1 fully saturated rings. The Morgan fingerprint density at radius 2 is 2.00 bits per heavy atom. The van der Waals surface area contributed by atoms with Crippen LogP contribution in [-0.4, -0.2) is 64.0 Å². The maximum Gasteiger partial charge on any atom is 0.225 e. The number of anilines is 1. The van der Waals surface area contributed by atoms with Crippen LogP contribution in [0.15, 0.2) is 30.9 Å². The van der Waals surface area contributed by atoms with E-state index in [1.165, 1.54) is 0 Å². The van der Waals surface area contributed by atoms with Crippen molar-refractivity contribution in [2.75, 3.05) is 44.3 Å². The molecule has 124 valence electrons. The van der Waals surface area contributed by atoms with Gasteiger partial charge in [0.1, 0.15) is 0 Å². The zero-order valence-corrected chi connectivity index (χ0v) is 13.6. The molecular formula is C16H24N6O. The van der Waals surface area contributed by atoms with Crippen LogP contribution in [0.3, 0.4) is 0 Å². The lowest BCUT2D eigenvalue weighted by Gasteiger charge is -2.26. The molecule has 3 rings (SSSR count). The van der Waals surface area contributed by atoms with Crippen molar-refractivity contribution in [3.63, 3.8) is 0 Å². The van der Waals surface area contributed by atoms with Crippen molar-refractivity contribution in [3.8, 4) is 0 Å². The quantitative estimate of drug-likeness (QED) is 0.760. The summed E-state index contributed by atoms with van der Waals surface area (Å²) in [7, 11) is 0. The second kappa shape index (κ2) is 8.03. The van der Waals surface area contributed by atoms with Crippen molar-refractivity contribution >= 4 is 5.95 Å². The molecule has 23 heavy (non-hydrogen) atoms. The van der Waals surface area contributed by atoms with E-state index in [1.807, 2.05) is 35.5 Å². The number of hydrogen-bond donors (Lipinski definition) is 0. The zero-order valence-electron chi connectivity index (χ0n) is 13.6. The highest BCUT2D eigenvalue weighted by molar-refractivity contribution is 5.30. The van der Waals surface area contributed by atoms with Gasteiger partial charge >= 0.3 is 0 Å². The summed E-state index contributed by atoms with van der Waals surface area (Å²) in [6.07, 6.45) is 7.69. The van der Waals surface area contributed by atoms with Crippen molar-refractivity contribution < 1.29 is 4.74 Å². The molecule has 0 amide bonds. The van der Waals surface area contributed by atoms with Crippen LogP contribution in [0.2, 0.25) is 0 Å². The first-order valence-electron chi connectivity index (χ1n) is 8.18. The molecule has 1 aliphatic heterocycles. The van der Waals surface area contributed by atoms with Gasteiger partial charge in [0.05, 0.1) is 19.8 Å². The molecule has 7 heteroatoms. The zero-order chi connectivity index (χ0) is 15.9. The molecule has 0 radical (unpaired) electrons. The van der Waals surface area contributed by atoms with Gasteiger partial charge in [-0.15, -0.1) is 0 Å². The van der Waals surface area contributed by atoms with Crippen molar-refractivity contribution in [3.05, 3.63) is 36.4 Å². The van der Waals surface area contributed by atoms with Gasteiger partial charge in [0.2, 0.25) is 5.95 Å². The van der Waals surface area contributed by atoms with Crippen LogP contribution in [0, 0.1) is 0 Å². The third kappa shape index (κ3) is 4.49. The summed E-state index contributed by atoms with van der Waals surface area (Å²) in [5, 5.41) is 4.24. The van der Waals surface area contributed by atoms with Crippen molar-refractivity contribution in [1.29, 1.82) is 0 Å².